The Kier molecular flexibility index (Phi) is 3.28. The fourth-order valence-electron chi connectivity index (χ4n) is 1.53. The molecule has 72 valence electrons. The van der Waals surface area contributed by atoms with Crippen molar-refractivity contribution < 1.29 is 0 Å². The summed E-state index contributed by atoms with van der Waals surface area (Å²) >= 11 is 0. The maximum absolute atomic E-state index is 6.04. The third-order valence-corrected chi connectivity index (χ3v) is 2.50. The predicted octanol–water partition coefficient (Wildman–Crippen LogP) is 2.22. The molecule has 1 aliphatic rings. The molecule has 1 heterocycles. The largest absolute Gasteiger partial charge is 0.322 e. The average molecular weight is 199 g/mol. The van der Waals surface area contributed by atoms with Crippen molar-refractivity contribution in [2.24, 2.45) is 11.7 Å². The standard InChI is InChI=1S/C10H14N2.ClH/c1-7-3-2-6-12-10(7)9(11)8-4-5-8;/h2-3,6,8-9H,4-5,11H2,1H3;1H/t9-;/m0./s1. The lowest BCUT2D eigenvalue weighted by atomic mass is 10.1. The van der Waals surface area contributed by atoms with Gasteiger partial charge in [-0.2, -0.15) is 0 Å². The van der Waals surface area contributed by atoms with Gasteiger partial charge in [0, 0.05) is 6.20 Å². The monoisotopic (exact) mass is 198 g/mol. The number of aromatic nitrogens is 1. The number of nitrogens with zero attached hydrogens (tertiary/aromatic N) is 1. The molecule has 1 aromatic heterocycles. The Morgan fingerprint density at radius 2 is 2.23 bits per heavy atom. The van der Waals surface area contributed by atoms with Crippen LogP contribution in [0.2, 0.25) is 0 Å². The van der Waals surface area contributed by atoms with Gasteiger partial charge in [-0.25, -0.2) is 0 Å². The lowest BCUT2D eigenvalue weighted by Gasteiger charge is -2.11. The van der Waals surface area contributed by atoms with Crippen molar-refractivity contribution in [1.29, 1.82) is 0 Å². The fourth-order valence-corrected chi connectivity index (χ4v) is 1.53. The normalized spacial score (nSPS) is 17.7. The molecule has 1 atom stereocenters. The minimum absolute atomic E-state index is 0. The van der Waals surface area contributed by atoms with Crippen molar-refractivity contribution >= 4 is 12.4 Å². The Balaban J connectivity index is 0.000000845. The van der Waals surface area contributed by atoms with Gasteiger partial charge >= 0.3 is 0 Å². The third-order valence-electron chi connectivity index (χ3n) is 2.50. The topological polar surface area (TPSA) is 38.9 Å². The zero-order valence-electron chi connectivity index (χ0n) is 7.73. The van der Waals surface area contributed by atoms with Gasteiger partial charge in [-0.05, 0) is 37.3 Å². The van der Waals surface area contributed by atoms with E-state index in [9.17, 15) is 0 Å². The van der Waals surface area contributed by atoms with Crippen molar-refractivity contribution in [2.45, 2.75) is 25.8 Å². The van der Waals surface area contributed by atoms with Gasteiger partial charge in [0.2, 0.25) is 0 Å². The van der Waals surface area contributed by atoms with E-state index < -0.39 is 0 Å². The minimum atomic E-state index is 0. The lowest BCUT2D eigenvalue weighted by Crippen LogP contribution is -2.15. The molecule has 13 heavy (non-hydrogen) atoms. The summed E-state index contributed by atoms with van der Waals surface area (Å²) in [6.45, 7) is 2.07. The molecule has 0 aliphatic heterocycles. The van der Waals surface area contributed by atoms with Gasteiger partial charge < -0.3 is 5.73 Å². The molecular weight excluding hydrogens is 184 g/mol. The Morgan fingerprint density at radius 1 is 1.54 bits per heavy atom. The molecule has 2 nitrogen and oxygen atoms in total. The molecule has 1 fully saturated rings. The van der Waals surface area contributed by atoms with Gasteiger partial charge in [-0.15, -0.1) is 12.4 Å². The molecule has 0 spiro atoms. The highest BCUT2D eigenvalue weighted by Crippen LogP contribution is 2.39. The van der Waals surface area contributed by atoms with Gasteiger partial charge in [0.1, 0.15) is 0 Å². The molecule has 0 radical (unpaired) electrons. The first-order valence-corrected chi connectivity index (χ1v) is 4.46. The van der Waals surface area contributed by atoms with Crippen LogP contribution in [0.25, 0.3) is 0 Å². The fraction of sp³-hybridized carbons (Fsp3) is 0.500. The van der Waals surface area contributed by atoms with Crippen LogP contribution in [0.5, 0.6) is 0 Å². The predicted molar refractivity (Wildman–Crippen MR) is 55.9 cm³/mol. The highest BCUT2D eigenvalue weighted by molar-refractivity contribution is 5.85. The average Bonchev–Trinajstić information content (AvgIpc) is 2.86. The number of rotatable bonds is 2. The number of aryl methyl sites for hydroxylation is 1. The van der Waals surface area contributed by atoms with Crippen LogP contribution >= 0.6 is 12.4 Å². The van der Waals surface area contributed by atoms with E-state index in [1.54, 1.807) is 0 Å². The first kappa shape index (κ1) is 10.5. The summed E-state index contributed by atoms with van der Waals surface area (Å²) in [6, 6.07) is 4.20. The van der Waals surface area contributed by atoms with Crippen LogP contribution in [0.3, 0.4) is 0 Å². The Morgan fingerprint density at radius 3 is 2.77 bits per heavy atom. The first-order chi connectivity index (χ1) is 5.79. The second-order valence-corrected chi connectivity index (χ2v) is 3.57. The summed E-state index contributed by atoms with van der Waals surface area (Å²) in [5, 5.41) is 0. The van der Waals surface area contributed by atoms with Gasteiger partial charge in [-0.3, -0.25) is 4.98 Å². The van der Waals surface area contributed by atoms with Crippen molar-refractivity contribution in [1.82, 2.24) is 4.98 Å². The molecule has 3 heteroatoms. The van der Waals surface area contributed by atoms with Crippen LogP contribution in [0.1, 0.15) is 30.1 Å². The maximum atomic E-state index is 6.04. The van der Waals surface area contributed by atoms with E-state index >= 15 is 0 Å². The zero-order valence-corrected chi connectivity index (χ0v) is 8.55. The van der Waals surface area contributed by atoms with Crippen LogP contribution in [-0.2, 0) is 0 Å². The zero-order chi connectivity index (χ0) is 8.55. The Labute approximate surface area is 85.0 Å². The molecule has 0 amide bonds. The van der Waals surface area contributed by atoms with E-state index in [-0.39, 0.29) is 18.4 Å². The second kappa shape index (κ2) is 4.07. The Bertz CT molecular complexity index is 284. The van der Waals surface area contributed by atoms with Gasteiger partial charge in [0.25, 0.3) is 0 Å². The molecule has 1 aromatic rings. The van der Waals surface area contributed by atoms with Crippen LogP contribution < -0.4 is 5.73 Å². The molecule has 2 rings (SSSR count). The number of nitrogens with two attached hydrogens (primary N) is 1. The van der Waals surface area contributed by atoms with E-state index in [1.165, 1.54) is 18.4 Å². The summed E-state index contributed by atoms with van der Waals surface area (Å²) in [5.74, 6) is 0.693. The lowest BCUT2D eigenvalue weighted by molar-refractivity contribution is 0.610. The van der Waals surface area contributed by atoms with Crippen molar-refractivity contribution in [2.75, 3.05) is 0 Å². The van der Waals surface area contributed by atoms with Crippen LogP contribution in [0.15, 0.2) is 18.3 Å². The SMILES string of the molecule is Cc1cccnc1[C@@H](N)C1CC1.Cl. The summed E-state index contributed by atoms with van der Waals surface area (Å²) in [7, 11) is 0. The maximum Gasteiger partial charge on any atom is 0.0602 e. The number of hydrogen-bond donors (Lipinski definition) is 1. The highest BCUT2D eigenvalue weighted by atomic mass is 35.5. The summed E-state index contributed by atoms with van der Waals surface area (Å²) < 4.78 is 0. The van der Waals surface area contributed by atoms with E-state index in [1.807, 2.05) is 12.3 Å². The number of hydrogen-bond acceptors (Lipinski definition) is 2. The van der Waals surface area contributed by atoms with Crippen LogP contribution in [0.4, 0.5) is 0 Å². The molecule has 0 aromatic carbocycles. The van der Waals surface area contributed by atoms with Crippen LogP contribution in [0, 0.1) is 12.8 Å². The molecule has 0 bridgehead atoms. The molecule has 0 unspecified atom stereocenters. The van der Waals surface area contributed by atoms with Gasteiger partial charge in [-0.1, -0.05) is 6.07 Å². The molecular formula is C10H15ClN2. The van der Waals surface area contributed by atoms with Crippen molar-refractivity contribution in [3.63, 3.8) is 0 Å². The molecule has 0 saturated heterocycles. The first-order valence-electron chi connectivity index (χ1n) is 4.46. The second-order valence-electron chi connectivity index (χ2n) is 3.57. The molecule has 1 saturated carbocycles. The smallest absolute Gasteiger partial charge is 0.0602 e. The summed E-state index contributed by atoms with van der Waals surface area (Å²) in [4.78, 5) is 4.31. The highest BCUT2D eigenvalue weighted by Gasteiger charge is 2.30. The van der Waals surface area contributed by atoms with Crippen molar-refractivity contribution in [3.05, 3.63) is 29.6 Å². The van der Waals surface area contributed by atoms with Gasteiger partial charge in [0.05, 0.1) is 11.7 Å². The van der Waals surface area contributed by atoms with Crippen molar-refractivity contribution in [3.8, 4) is 0 Å². The third kappa shape index (κ3) is 2.20. The van der Waals surface area contributed by atoms with Crippen LogP contribution in [-0.4, -0.2) is 4.98 Å². The molecule has 1 aliphatic carbocycles. The van der Waals surface area contributed by atoms with Gasteiger partial charge in [0.15, 0.2) is 0 Å². The number of halogens is 1. The van der Waals surface area contributed by atoms with E-state index in [2.05, 4.69) is 18.0 Å². The van der Waals surface area contributed by atoms with E-state index in [4.69, 9.17) is 5.73 Å². The summed E-state index contributed by atoms with van der Waals surface area (Å²) in [6.07, 6.45) is 4.37. The Hall–Kier alpha value is -0.600. The minimum Gasteiger partial charge on any atom is -0.322 e. The number of pyridine rings is 1. The van der Waals surface area contributed by atoms with E-state index in [0.717, 1.165) is 5.69 Å². The molecule has 2 N–H and O–H groups in total. The quantitative estimate of drug-likeness (QED) is 0.792. The van der Waals surface area contributed by atoms with E-state index in [0.29, 0.717) is 5.92 Å². The summed E-state index contributed by atoms with van der Waals surface area (Å²) in [5.41, 5.74) is 8.34.